The lowest BCUT2D eigenvalue weighted by Gasteiger charge is -2.13. The maximum atomic E-state index is 12.8. The second kappa shape index (κ2) is 6.95. The fourth-order valence-corrected chi connectivity index (χ4v) is 3.97. The van der Waals surface area contributed by atoms with Crippen LogP contribution in [0.3, 0.4) is 0 Å². The highest BCUT2D eigenvalue weighted by Crippen LogP contribution is 2.36. The van der Waals surface area contributed by atoms with Crippen LogP contribution in [0.1, 0.15) is 39.9 Å². The van der Waals surface area contributed by atoms with Crippen molar-refractivity contribution < 1.29 is 18.4 Å². The number of esters is 1. The minimum atomic E-state index is -0.694. The summed E-state index contributed by atoms with van der Waals surface area (Å²) >= 11 is 6.36. The third-order valence-electron chi connectivity index (χ3n) is 5.30. The number of pyridine rings is 1. The minimum Gasteiger partial charge on any atom is -0.462 e. The Kier molecular flexibility index (Phi) is 4.66. The number of rotatable bonds is 2. The molecule has 0 bridgehead atoms. The van der Waals surface area contributed by atoms with Gasteiger partial charge in [-0.3, -0.25) is 9.78 Å². The Hall–Kier alpha value is -3.19. The Morgan fingerprint density at radius 2 is 1.77 bits per heavy atom. The van der Waals surface area contributed by atoms with Crippen LogP contribution >= 0.6 is 11.6 Å². The smallest absolute Gasteiger partial charge is 0.346 e. The molecule has 30 heavy (non-hydrogen) atoms. The highest BCUT2D eigenvalue weighted by Gasteiger charge is 2.25. The van der Waals surface area contributed by atoms with Crippen LogP contribution in [0.2, 0.25) is 5.02 Å². The Morgan fingerprint density at radius 1 is 1.07 bits per heavy atom. The molecular formula is C22H18ClNO6. The van der Waals surface area contributed by atoms with Crippen LogP contribution in [-0.2, 0) is 4.74 Å². The SMILES string of the molecule is CCOC(=O)c1c(C)nc2c(c1C)c(=O)oc1c(Cl)cc3c(=O)c(C)c(C)oc3c12. The molecule has 0 aliphatic heterocycles. The lowest BCUT2D eigenvalue weighted by molar-refractivity contribution is 0.0524. The molecule has 0 saturated heterocycles. The van der Waals surface area contributed by atoms with Crippen molar-refractivity contribution in [2.75, 3.05) is 6.61 Å². The molecule has 0 spiro atoms. The Morgan fingerprint density at radius 3 is 2.43 bits per heavy atom. The molecule has 3 aromatic heterocycles. The van der Waals surface area contributed by atoms with Gasteiger partial charge in [0, 0.05) is 5.56 Å². The molecule has 0 fully saturated rings. The fourth-order valence-electron chi connectivity index (χ4n) is 3.73. The van der Waals surface area contributed by atoms with Crippen LogP contribution < -0.4 is 11.1 Å². The zero-order valence-electron chi connectivity index (χ0n) is 17.1. The maximum Gasteiger partial charge on any atom is 0.346 e. The van der Waals surface area contributed by atoms with Gasteiger partial charge >= 0.3 is 11.6 Å². The highest BCUT2D eigenvalue weighted by atomic mass is 35.5. The molecule has 0 atom stereocenters. The van der Waals surface area contributed by atoms with Gasteiger partial charge in [0.25, 0.3) is 0 Å². The monoisotopic (exact) mass is 427 g/mol. The first kappa shape index (κ1) is 20.1. The Bertz CT molecular complexity index is 1510. The topological polar surface area (TPSA) is 99.6 Å². The van der Waals surface area contributed by atoms with Gasteiger partial charge in [0.2, 0.25) is 0 Å². The van der Waals surface area contributed by atoms with Gasteiger partial charge in [-0.05, 0) is 46.2 Å². The van der Waals surface area contributed by atoms with Crippen LogP contribution in [0.5, 0.6) is 0 Å². The first-order valence-electron chi connectivity index (χ1n) is 9.34. The summed E-state index contributed by atoms with van der Waals surface area (Å²) in [4.78, 5) is 42.6. The summed E-state index contributed by atoms with van der Waals surface area (Å²) < 4.78 is 16.5. The molecule has 8 heteroatoms. The predicted molar refractivity (Wildman–Crippen MR) is 114 cm³/mol. The number of aryl methyl sites for hydroxylation is 3. The Labute approximate surface area is 175 Å². The molecule has 4 aromatic rings. The average molecular weight is 428 g/mol. The number of carbonyl (C=O) groups is 1. The van der Waals surface area contributed by atoms with Gasteiger partial charge < -0.3 is 13.6 Å². The van der Waals surface area contributed by atoms with E-state index in [9.17, 15) is 14.4 Å². The highest BCUT2D eigenvalue weighted by molar-refractivity contribution is 6.37. The molecule has 154 valence electrons. The number of aromatic nitrogens is 1. The molecule has 7 nitrogen and oxygen atoms in total. The minimum absolute atomic E-state index is 0.0725. The van der Waals surface area contributed by atoms with E-state index in [0.717, 1.165) is 0 Å². The third kappa shape index (κ3) is 2.73. The van der Waals surface area contributed by atoms with Crippen LogP contribution in [0.15, 0.2) is 24.5 Å². The summed E-state index contributed by atoms with van der Waals surface area (Å²) in [7, 11) is 0. The van der Waals surface area contributed by atoms with Gasteiger partial charge in [0.15, 0.2) is 16.6 Å². The number of hydrogen-bond acceptors (Lipinski definition) is 7. The summed E-state index contributed by atoms with van der Waals surface area (Å²) in [6.45, 7) is 8.51. The van der Waals surface area contributed by atoms with Gasteiger partial charge in [0.1, 0.15) is 5.76 Å². The zero-order chi connectivity index (χ0) is 21.9. The zero-order valence-corrected chi connectivity index (χ0v) is 17.8. The fraction of sp³-hybridized carbons (Fsp3) is 0.273. The standard InChI is InChI=1S/C22H18ClNO6/c1-6-28-21(26)14-9(3)15-17(24-10(14)4)16-19-12(18(25)8(2)11(5)29-19)7-13(23)20(16)30-22(15)27/h7H,6H2,1-5H3. The molecule has 0 unspecified atom stereocenters. The van der Waals surface area contributed by atoms with E-state index < -0.39 is 11.6 Å². The summed E-state index contributed by atoms with van der Waals surface area (Å²) in [6.07, 6.45) is 0. The van der Waals surface area contributed by atoms with E-state index in [1.807, 2.05) is 0 Å². The van der Waals surface area contributed by atoms with E-state index in [1.165, 1.54) is 6.07 Å². The van der Waals surface area contributed by atoms with Gasteiger partial charge in [-0.25, -0.2) is 9.59 Å². The molecule has 0 radical (unpaired) electrons. The number of ether oxygens (including phenoxy) is 1. The second-order valence-corrected chi connectivity index (χ2v) is 7.49. The van der Waals surface area contributed by atoms with E-state index in [4.69, 9.17) is 25.2 Å². The molecule has 3 heterocycles. The molecule has 0 N–H and O–H groups in total. The lowest BCUT2D eigenvalue weighted by Crippen LogP contribution is -2.14. The Balaban J connectivity index is 2.32. The largest absolute Gasteiger partial charge is 0.462 e. The molecule has 4 rings (SSSR count). The van der Waals surface area contributed by atoms with E-state index in [1.54, 1.807) is 34.6 Å². The molecule has 0 amide bonds. The maximum absolute atomic E-state index is 12.8. The predicted octanol–water partition coefficient (Wildman–Crippen LogP) is 4.51. The van der Waals surface area contributed by atoms with E-state index >= 15 is 0 Å². The number of nitrogens with zero attached hydrogens (tertiary/aromatic N) is 1. The van der Waals surface area contributed by atoms with Crippen molar-refractivity contribution in [3.63, 3.8) is 0 Å². The summed E-state index contributed by atoms with van der Waals surface area (Å²) in [6, 6.07) is 1.43. The average Bonchev–Trinajstić information content (AvgIpc) is 2.67. The second-order valence-electron chi connectivity index (χ2n) is 7.08. The van der Waals surface area contributed by atoms with E-state index in [0.29, 0.717) is 28.0 Å². The number of hydrogen-bond donors (Lipinski definition) is 0. The molecule has 0 aliphatic carbocycles. The van der Waals surface area contributed by atoms with Gasteiger partial charge in [-0.2, -0.15) is 0 Å². The lowest BCUT2D eigenvalue weighted by atomic mass is 10.0. The first-order valence-corrected chi connectivity index (χ1v) is 9.72. The van der Waals surface area contributed by atoms with Crippen molar-refractivity contribution in [1.82, 2.24) is 4.98 Å². The van der Waals surface area contributed by atoms with Crippen molar-refractivity contribution >= 4 is 50.4 Å². The summed E-state index contributed by atoms with van der Waals surface area (Å²) in [5.41, 5.74) is 1.06. The van der Waals surface area contributed by atoms with Crippen molar-refractivity contribution in [3.8, 4) is 0 Å². The molecule has 0 saturated carbocycles. The van der Waals surface area contributed by atoms with Crippen molar-refractivity contribution in [3.05, 3.63) is 59.9 Å². The quantitative estimate of drug-likeness (QED) is 0.263. The van der Waals surface area contributed by atoms with Crippen LogP contribution in [0.4, 0.5) is 0 Å². The van der Waals surface area contributed by atoms with Crippen molar-refractivity contribution in [1.29, 1.82) is 0 Å². The van der Waals surface area contributed by atoms with Crippen molar-refractivity contribution in [2.24, 2.45) is 0 Å². The first-order chi connectivity index (χ1) is 14.2. The van der Waals surface area contributed by atoms with Gasteiger partial charge in [0.05, 0.1) is 44.6 Å². The molecule has 0 aliphatic rings. The summed E-state index contributed by atoms with van der Waals surface area (Å²) in [5.74, 6) is -0.137. The third-order valence-corrected chi connectivity index (χ3v) is 5.58. The molecule has 1 aromatic carbocycles. The van der Waals surface area contributed by atoms with Crippen LogP contribution in [0, 0.1) is 27.7 Å². The number of carbonyl (C=O) groups excluding carboxylic acids is 1. The van der Waals surface area contributed by atoms with Crippen LogP contribution in [-0.4, -0.2) is 17.6 Å². The van der Waals surface area contributed by atoms with E-state index in [2.05, 4.69) is 4.98 Å². The van der Waals surface area contributed by atoms with Crippen LogP contribution in [0.25, 0.3) is 32.8 Å². The number of fused-ring (bicyclic) bond motifs is 5. The molecular weight excluding hydrogens is 410 g/mol. The number of benzene rings is 1. The van der Waals surface area contributed by atoms with Crippen molar-refractivity contribution in [2.45, 2.75) is 34.6 Å². The number of halogens is 1. The van der Waals surface area contributed by atoms with Gasteiger partial charge in [-0.15, -0.1) is 0 Å². The van der Waals surface area contributed by atoms with Gasteiger partial charge in [-0.1, -0.05) is 11.6 Å². The summed E-state index contributed by atoms with van der Waals surface area (Å²) in [5, 5.41) is 0.783. The van der Waals surface area contributed by atoms with E-state index in [-0.39, 0.29) is 50.1 Å². The normalized spacial score (nSPS) is 11.5.